The van der Waals surface area contributed by atoms with Crippen molar-refractivity contribution in [2.45, 2.75) is 31.7 Å². The first-order valence-electron chi connectivity index (χ1n) is 6.77. The van der Waals surface area contributed by atoms with Crippen molar-refractivity contribution in [1.29, 1.82) is 0 Å². The summed E-state index contributed by atoms with van der Waals surface area (Å²) in [6.07, 6.45) is 1.84. The molecule has 1 amide bonds. The molecule has 108 valence electrons. The molecule has 1 N–H and O–H groups in total. The molecule has 1 aromatic carbocycles. The van der Waals surface area contributed by atoms with Crippen LogP contribution < -0.4 is 4.74 Å². The number of rotatable bonds is 5. The van der Waals surface area contributed by atoms with E-state index in [4.69, 9.17) is 9.84 Å². The lowest BCUT2D eigenvalue weighted by Gasteiger charge is -2.25. The molecule has 20 heavy (non-hydrogen) atoms. The second-order valence-electron chi connectivity index (χ2n) is 4.91. The molecule has 1 saturated heterocycles. The second-order valence-corrected chi connectivity index (χ2v) is 4.91. The average Bonchev–Trinajstić information content (AvgIpc) is 2.94. The molecule has 1 fully saturated rings. The number of benzene rings is 1. The maximum atomic E-state index is 12.1. The highest BCUT2D eigenvalue weighted by Gasteiger charge is 2.29. The summed E-state index contributed by atoms with van der Waals surface area (Å²) in [5, 5.41) is 8.66. The summed E-state index contributed by atoms with van der Waals surface area (Å²) >= 11 is 0. The number of hydrogen-bond acceptors (Lipinski definition) is 3. The van der Waals surface area contributed by atoms with Gasteiger partial charge in [0.1, 0.15) is 5.75 Å². The average molecular weight is 277 g/mol. The van der Waals surface area contributed by atoms with Gasteiger partial charge in [-0.3, -0.25) is 9.59 Å². The highest BCUT2D eigenvalue weighted by Crippen LogP contribution is 2.33. The predicted molar refractivity (Wildman–Crippen MR) is 73.6 cm³/mol. The number of carboxylic acid groups (broad SMARTS) is 1. The van der Waals surface area contributed by atoms with Crippen molar-refractivity contribution >= 4 is 11.9 Å². The van der Waals surface area contributed by atoms with Gasteiger partial charge in [-0.2, -0.15) is 0 Å². The standard InChI is InChI=1S/C15H19NO4/c1-20-12-6-4-11(5-7-12)13-3-2-10-16(13)14(17)8-9-15(18)19/h4-7,13H,2-3,8-10H2,1H3,(H,18,19). The van der Waals surface area contributed by atoms with Crippen LogP contribution in [0.2, 0.25) is 0 Å². The summed E-state index contributed by atoms with van der Waals surface area (Å²) in [7, 11) is 1.62. The lowest BCUT2D eigenvalue weighted by molar-refractivity contribution is -0.141. The third-order valence-electron chi connectivity index (χ3n) is 3.63. The Morgan fingerprint density at radius 1 is 1.30 bits per heavy atom. The Labute approximate surface area is 118 Å². The van der Waals surface area contributed by atoms with Crippen molar-refractivity contribution in [3.05, 3.63) is 29.8 Å². The fourth-order valence-corrected chi connectivity index (χ4v) is 2.60. The van der Waals surface area contributed by atoms with Crippen LogP contribution in [0, 0.1) is 0 Å². The van der Waals surface area contributed by atoms with Gasteiger partial charge in [0.05, 0.1) is 19.6 Å². The fraction of sp³-hybridized carbons (Fsp3) is 0.467. The molecule has 0 bridgehead atoms. The van der Waals surface area contributed by atoms with Gasteiger partial charge in [-0.25, -0.2) is 0 Å². The molecule has 5 heteroatoms. The lowest BCUT2D eigenvalue weighted by Crippen LogP contribution is -2.30. The highest BCUT2D eigenvalue weighted by atomic mass is 16.5. The van der Waals surface area contributed by atoms with E-state index in [-0.39, 0.29) is 24.8 Å². The van der Waals surface area contributed by atoms with Crippen molar-refractivity contribution < 1.29 is 19.4 Å². The summed E-state index contributed by atoms with van der Waals surface area (Å²) < 4.78 is 5.13. The van der Waals surface area contributed by atoms with E-state index in [1.54, 1.807) is 12.0 Å². The summed E-state index contributed by atoms with van der Waals surface area (Å²) in [6.45, 7) is 0.704. The van der Waals surface area contributed by atoms with E-state index < -0.39 is 5.97 Å². The van der Waals surface area contributed by atoms with Crippen LogP contribution in [0.5, 0.6) is 5.75 Å². The van der Waals surface area contributed by atoms with Crippen LogP contribution in [0.1, 0.15) is 37.3 Å². The largest absolute Gasteiger partial charge is 0.497 e. The van der Waals surface area contributed by atoms with E-state index in [9.17, 15) is 9.59 Å². The van der Waals surface area contributed by atoms with E-state index in [2.05, 4.69) is 0 Å². The molecule has 0 saturated carbocycles. The third-order valence-corrected chi connectivity index (χ3v) is 3.63. The van der Waals surface area contributed by atoms with Crippen molar-refractivity contribution in [3.63, 3.8) is 0 Å². The zero-order valence-electron chi connectivity index (χ0n) is 11.5. The van der Waals surface area contributed by atoms with Crippen molar-refractivity contribution in [3.8, 4) is 5.75 Å². The summed E-state index contributed by atoms with van der Waals surface area (Å²) in [4.78, 5) is 24.4. The smallest absolute Gasteiger partial charge is 0.303 e. The maximum Gasteiger partial charge on any atom is 0.303 e. The predicted octanol–water partition coefficient (Wildman–Crippen LogP) is 2.22. The topological polar surface area (TPSA) is 66.8 Å². The molecular formula is C15H19NO4. The monoisotopic (exact) mass is 277 g/mol. The van der Waals surface area contributed by atoms with Crippen LogP contribution in [0.4, 0.5) is 0 Å². The Hall–Kier alpha value is -2.04. The molecule has 5 nitrogen and oxygen atoms in total. The first kappa shape index (κ1) is 14.4. The van der Waals surface area contributed by atoms with E-state index in [1.165, 1.54) is 0 Å². The van der Waals surface area contributed by atoms with Gasteiger partial charge in [0, 0.05) is 13.0 Å². The zero-order valence-corrected chi connectivity index (χ0v) is 11.5. The number of aliphatic carboxylic acids is 1. The molecule has 1 aromatic rings. The third kappa shape index (κ3) is 3.29. The molecule has 1 heterocycles. The first-order valence-corrected chi connectivity index (χ1v) is 6.77. The summed E-state index contributed by atoms with van der Waals surface area (Å²) in [5.41, 5.74) is 1.08. The number of methoxy groups -OCH3 is 1. The lowest BCUT2D eigenvalue weighted by atomic mass is 10.0. The zero-order chi connectivity index (χ0) is 14.5. The number of carbonyl (C=O) groups is 2. The van der Waals surface area contributed by atoms with Crippen molar-refractivity contribution in [2.24, 2.45) is 0 Å². The molecule has 0 radical (unpaired) electrons. The highest BCUT2D eigenvalue weighted by molar-refractivity contribution is 5.81. The number of amides is 1. The van der Waals surface area contributed by atoms with Gasteiger partial charge >= 0.3 is 5.97 Å². The van der Waals surface area contributed by atoms with Gasteiger partial charge < -0.3 is 14.7 Å². The molecule has 1 aliphatic heterocycles. The normalized spacial score (nSPS) is 18.1. The number of carbonyl (C=O) groups excluding carboxylic acids is 1. The molecule has 1 atom stereocenters. The minimum absolute atomic E-state index is 0.0576. The number of hydrogen-bond donors (Lipinski definition) is 1. The van der Waals surface area contributed by atoms with Crippen LogP contribution in [-0.4, -0.2) is 35.5 Å². The van der Waals surface area contributed by atoms with Crippen molar-refractivity contribution in [1.82, 2.24) is 4.90 Å². The number of ether oxygens (including phenoxy) is 1. The minimum Gasteiger partial charge on any atom is -0.497 e. The van der Waals surface area contributed by atoms with Gasteiger partial charge in [0.2, 0.25) is 5.91 Å². The van der Waals surface area contributed by atoms with E-state index in [1.807, 2.05) is 24.3 Å². The van der Waals surface area contributed by atoms with E-state index >= 15 is 0 Å². The van der Waals surface area contributed by atoms with Gasteiger partial charge in [-0.1, -0.05) is 12.1 Å². The quantitative estimate of drug-likeness (QED) is 0.896. The van der Waals surface area contributed by atoms with Crippen LogP contribution in [0.3, 0.4) is 0 Å². The Bertz CT molecular complexity index is 483. The van der Waals surface area contributed by atoms with Crippen molar-refractivity contribution in [2.75, 3.05) is 13.7 Å². The van der Waals surface area contributed by atoms with E-state index in [0.29, 0.717) is 6.54 Å². The van der Waals surface area contributed by atoms with E-state index in [0.717, 1.165) is 24.2 Å². The Balaban J connectivity index is 2.05. The Morgan fingerprint density at radius 3 is 2.60 bits per heavy atom. The molecule has 2 rings (SSSR count). The van der Waals surface area contributed by atoms with Gasteiger partial charge in [0.15, 0.2) is 0 Å². The Morgan fingerprint density at radius 2 is 2.00 bits per heavy atom. The minimum atomic E-state index is -0.932. The maximum absolute atomic E-state index is 12.1. The molecule has 0 spiro atoms. The summed E-state index contributed by atoms with van der Waals surface area (Å²) in [6, 6.07) is 7.75. The van der Waals surface area contributed by atoms with Crippen LogP contribution in [0.25, 0.3) is 0 Å². The molecule has 1 aliphatic rings. The summed E-state index contributed by atoms with van der Waals surface area (Å²) in [5.74, 6) is -0.222. The number of nitrogens with zero attached hydrogens (tertiary/aromatic N) is 1. The van der Waals surface area contributed by atoms with Gasteiger partial charge in [-0.05, 0) is 30.5 Å². The molecular weight excluding hydrogens is 258 g/mol. The van der Waals surface area contributed by atoms with Gasteiger partial charge in [-0.15, -0.1) is 0 Å². The Kier molecular flexibility index (Phi) is 4.61. The van der Waals surface area contributed by atoms with Crippen LogP contribution in [0.15, 0.2) is 24.3 Å². The second kappa shape index (κ2) is 6.41. The van der Waals surface area contributed by atoms with Crippen LogP contribution in [-0.2, 0) is 9.59 Å². The van der Waals surface area contributed by atoms with Gasteiger partial charge in [0.25, 0.3) is 0 Å². The first-order chi connectivity index (χ1) is 9.61. The molecule has 0 aromatic heterocycles. The number of carboxylic acids is 1. The fourth-order valence-electron chi connectivity index (χ4n) is 2.60. The molecule has 0 aliphatic carbocycles. The van der Waals surface area contributed by atoms with Crippen LogP contribution >= 0.6 is 0 Å². The number of likely N-dealkylation sites (tertiary alicyclic amines) is 1. The molecule has 1 unspecified atom stereocenters. The SMILES string of the molecule is COc1ccc(C2CCCN2C(=O)CCC(=O)O)cc1.